The average Bonchev–Trinajstić information content (AvgIpc) is 2.43. The summed E-state index contributed by atoms with van der Waals surface area (Å²) in [6.07, 6.45) is 1.18. The van der Waals surface area contributed by atoms with Gasteiger partial charge in [0.1, 0.15) is 6.23 Å². The SMILES string of the molecule is CCC(NC)C1[N]CCO1. The third-order valence-electron chi connectivity index (χ3n) is 1.84. The summed E-state index contributed by atoms with van der Waals surface area (Å²) in [5.41, 5.74) is 0. The maximum atomic E-state index is 5.37. The number of nitrogens with zero attached hydrogens (tertiary/aromatic N) is 1. The summed E-state index contributed by atoms with van der Waals surface area (Å²) in [7, 11) is 1.95. The molecular formula is C7H15N2O. The fraction of sp³-hybridized carbons (Fsp3) is 1.00. The fourth-order valence-corrected chi connectivity index (χ4v) is 1.20. The quantitative estimate of drug-likeness (QED) is 0.601. The van der Waals surface area contributed by atoms with Gasteiger partial charge >= 0.3 is 0 Å². The van der Waals surface area contributed by atoms with Crippen molar-refractivity contribution in [2.75, 3.05) is 20.2 Å². The van der Waals surface area contributed by atoms with Gasteiger partial charge in [-0.2, -0.15) is 0 Å². The van der Waals surface area contributed by atoms with Crippen LogP contribution < -0.4 is 10.6 Å². The fourth-order valence-electron chi connectivity index (χ4n) is 1.20. The molecule has 0 aromatic heterocycles. The molecule has 1 rings (SSSR count). The summed E-state index contributed by atoms with van der Waals surface area (Å²) in [6, 6.07) is 0.405. The molecule has 0 spiro atoms. The van der Waals surface area contributed by atoms with Gasteiger partial charge in [0, 0.05) is 12.6 Å². The normalized spacial score (nSPS) is 28.8. The molecule has 59 valence electrons. The van der Waals surface area contributed by atoms with Crippen LogP contribution in [0.15, 0.2) is 0 Å². The third-order valence-corrected chi connectivity index (χ3v) is 1.84. The zero-order valence-corrected chi connectivity index (χ0v) is 6.63. The lowest BCUT2D eigenvalue weighted by atomic mass is 10.2. The van der Waals surface area contributed by atoms with E-state index in [0.29, 0.717) is 6.04 Å². The Hall–Kier alpha value is -0.120. The lowest BCUT2D eigenvalue weighted by Gasteiger charge is -2.19. The largest absolute Gasteiger partial charge is 0.359 e. The van der Waals surface area contributed by atoms with Crippen molar-refractivity contribution in [2.24, 2.45) is 0 Å². The molecular weight excluding hydrogens is 128 g/mol. The summed E-state index contributed by atoms with van der Waals surface area (Å²) >= 11 is 0. The number of hydrogen-bond acceptors (Lipinski definition) is 2. The molecule has 0 aliphatic carbocycles. The van der Waals surface area contributed by atoms with E-state index >= 15 is 0 Å². The summed E-state index contributed by atoms with van der Waals surface area (Å²) in [5, 5.41) is 7.47. The van der Waals surface area contributed by atoms with Crippen molar-refractivity contribution in [2.45, 2.75) is 25.6 Å². The smallest absolute Gasteiger partial charge is 0.138 e. The van der Waals surface area contributed by atoms with E-state index in [1.165, 1.54) is 0 Å². The Morgan fingerprint density at radius 3 is 3.00 bits per heavy atom. The van der Waals surface area contributed by atoms with Gasteiger partial charge in [-0.1, -0.05) is 6.92 Å². The van der Waals surface area contributed by atoms with Crippen LogP contribution in [-0.2, 0) is 4.74 Å². The number of likely N-dealkylation sites (N-methyl/N-ethyl adjacent to an activating group) is 1. The lowest BCUT2D eigenvalue weighted by Crippen LogP contribution is -2.40. The molecule has 1 saturated heterocycles. The Labute approximate surface area is 62.1 Å². The van der Waals surface area contributed by atoms with Crippen LogP contribution in [0.25, 0.3) is 0 Å². The number of hydrogen-bond donors (Lipinski definition) is 1. The van der Waals surface area contributed by atoms with Crippen LogP contribution in [0.1, 0.15) is 13.3 Å². The molecule has 1 heterocycles. The van der Waals surface area contributed by atoms with E-state index in [0.717, 1.165) is 19.6 Å². The van der Waals surface area contributed by atoms with Crippen LogP contribution >= 0.6 is 0 Å². The van der Waals surface area contributed by atoms with Gasteiger partial charge < -0.3 is 10.1 Å². The molecule has 1 aliphatic rings. The number of rotatable bonds is 3. The molecule has 1 N–H and O–H groups in total. The molecule has 10 heavy (non-hydrogen) atoms. The zero-order chi connectivity index (χ0) is 7.40. The first-order valence-electron chi connectivity index (χ1n) is 3.84. The maximum Gasteiger partial charge on any atom is 0.138 e. The number of nitrogens with one attached hydrogen (secondary N) is 1. The first-order chi connectivity index (χ1) is 4.88. The molecule has 2 atom stereocenters. The van der Waals surface area contributed by atoms with E-state index in [1.54, 1.807) is 0 Å². The van der Waals surface area contributed by atoms with Gasteiger partial charge in [-0.3, -0.25) is 0 Å². The molecule has 3 heteroatoms. The minimum atomic E-state index is 0.106. The van der Waals surface area contributed by atoms with Crippen molar-refractivity contribution >= 4 is 0 Å². The van der Waals surface area contributed by atoms with Crippen molar-refractivity contribution in [3.05, 3.63) is 0 Å². The van der Waals surface area contributed by atoms with E-state index in [-0.39, 0.29) is 6.23 Å². The standard InChI is InChI=1S/C7H15N2O/c1-3-6(8-2)7-9-4-5-10-7/h6-8H,3-5H2,1-2H3. The van der Waals surface area contributed by atoms with E-state index in [4.69, 9.17) is 4.74 Å². The third kappa shape index (κ3) is 1.68. The van der Waals surface area contributed by atoms with Crippen molar-refractivity contribution in [3.8, 4) is 0 Å². The van der Waals surface area contributed by atoms with Crippen LogP contribution in [0.5, 0.6) is 0 Å². The summed E-state index contributed by atoms with van der Waals surface area (Å²) in [6.45, 7) is 3.80. The highest BCUT2D eigenvalue weighted by molar-refractivity contribution is 4.75. The highest BCUT2D eigenvalue weighted by atomic mass is 16.5. The van der Waals surface area contributed by atoms with Gasteiger partial charge in [-0.15, -0.1) is 0 Å². The van der Waals surface area contributed by atoms with E-state index in [9.17, 15) is 0 Å². The van der Waals surface area contributed by atoms with Crippen molar-refractivity contribution < 1.29 is 4.74 Å². The minimum absolute atomic E-state index is 0.106. The predicted molar refractivity (Wildman–Crippen MR) is 39.9 cm³/mol. The Bertz CT molecular complexity index is 87.6. The van der Waals surface area contributed by atoms with Crippen LogP contribution in [0, 0.1) is 0 Å². The van der Waals surface area contributed by atoms with E-state index in [2.05, 4.69) is 17.6 Å². The minimum Gasteiger partial charge on any atom is -0.359 e. The highest BCUT2D eigenvalue weighted by Crippen LogP contribution is 2.05. The maximum absolute atomic E-state index is 5.37. The van der Waals surface area contributed by atoms with Crippen molar-refractivity contribution in [1.29, 1.82) is 0 Å². The predicted octanol–water partition coefficient (Wildman–Crippen LogP) is -0.0549. The Balaban J connectivity index is 2.29. The average molecular weight is 143 g/mol. The van der Waals surface area contributed by atoms with Crippen LogP contribution in [-0.4, -0.2) is 32.5 Å². The van der Waals surface area contributed by atoms with Gasteiger partial charge in [0.25, 0.3) is 0 Å². The van der Waals surface area contributed by atoms with Crippen molar-refractivity contribution in [1.82, 2.24) is 10.6 Å². The van der Waals surface area contributed by atoms with E-state index < -0.39 is 0 Å². The first kappa shape index (κ1) is 7.98. The molecule has 1 aliphatic heterocycles. The first-order valence-corrected chi connectivity index (χ1v) is 3.84. The molecule has 0 bridgehead atoms. The summed E-state index contributed by atoms with van der Waals surface area (Å²) in [4.78, 5) is 0. The van der Waals surface area contributed by atoms with Crippen molar-refractivity contribution in [3.63, 3.8) is 0 Å². The Kier molecular flexibility index (Phi) is 3.12. The molecule has 2 unspecified atom stereocenters. The highest BCUT2D eigenvalue weighted by Gasteiger charge is 2.23. The van der Waals surface area contributed by atoms with Gasteiger partial charge in [0.2, 0.25) is 0 Å². The Morgan fingerprint density at radius 1 is 1.80 bits per heavy atom. The monoisotopic (exact) mass is 143 g/mol. The second kappa shape index (κ2) is 3.91. The van der Waals surface area contributed by atoms with Gasteiger partial charge in [-0.05, 0) is 13.5 Å². The molecule has 1 fully saturated rings. The topological polar surface area (TPSA) is 35.4 Å². The Morgan fingerprint density at radius 2 is 2.60 bits per heavy atom. The molecule has 0 aromatic rings. The van der Waals surface area contributed by atoms with Gasteiger partial charge in [-0.25, -0.2) is 5.32 Å². The summed E-state index contributed by atoms with van der Waals surface area (Å²) in [5.74, 6) is 0. The van der Waals surface area contributed by atoms with E-state index in [1.807, 2.05) is 7.05 Å². The zero-order valence-electron chi connectivity index (χ0n) is 6.63. The summed E-state index contributed by atoms with van der Waals surface area (Å²) < 4.78 is 5.37. The second-order valence-corrected chi connectivity index (χ2v) is 2.47. The molecule has 0 saturated carbocycles. The second-order valence-electron chi connectivity index (χ2n) is 2.47. The van der Waals surface area contributed by atoms with Gasteiger partial charge in [0.05, 0.1) is 6.61 Å². The van der Waals surface area contributed by atoms with Crippen LogP contribution in [0.3, 0.4) is 0 Å². The molecule has 3 nitrogen and oxygen atoms in total. The molecule has 0 amide bonds. The molecule has 0 aromatic carbocycles. The number of ether oxygens (including phenoxy) is 1. The van der Waals surface area contributed by atoms with Crippen LogP contribution in [0.4, 0.5) is 0 Å². The molecule has 1 radical (unpaired) electrons. The van der Waals surface area contributed by atoms with Crippen LogP contribution in [0.2, 0.25) is 0 Å². The van der Waals surface area contributed by atoms with Gasteiger partial charge in [0.15, 0.2) is 0 Å². The lowest BCUT2D eigenvalue weighted by molar-refractivity contribution is 0.0676.